The maximum Gasteiger partial charge on any atom is 0.252 e. The van der Waals surface area contributed by atoms with Gasteiger partial charge in [0.25, 0.3) is 5.91 Å². The van der Waals surface area contributed by atoms with Crippen molar-refractivity contribution in [2.45, 2.75) is 70.6 Å². The van der Waals surface area contributed by atoms with E-state index in [2.05, 4.69) is 17.6 Å². The number of hydrogen-bond acceptors (Lipinski definition) is 5. The van der Waals surface area contributed by atoms with Gasteiger partial charge < -0.3 is 21.1 Å². The average molecular weight is 402 g/mol. The minimum absolute atomic E-state index is 0.00859. The number of carbonyl (C=O) groups excluding carboxylic acids is 3. The second kappa shape index (κ2) is 8.95. The Bertz CT molecular complexity index is 773. The number of nitrogens with one attached hydrogen (secondary N) is 2. The number of ketones is 1. The molecule has 2 aliphatic rings. The lowest BCUT2D eigenvalue weighted by Gasteiger charge is -2.30. The molecule has 1 aromatic rings. The summed E-state index contributed by atoms with van der Waals surface area (Å²) in [6, 6.07) is 5.28. The summed E-state index contributed by atoms with van der Waals surface area (Å²) in [5.41, 5.74) is 6.67. The molecule has 1 aliphatic heterocycles. The first-order chi connectivity index (χ1) is 13.8. The second-order valence-corrected chi connectivity index (χ2v) is 8.58. The van der Waals surface area contributed by atoms with Crippen LogP contribution in [0.1, 0.15) is 62.7 Å². The van der Waals surface area contributed by atoms with Crippen molar-refractivity contribution in [3.05, 3.63) is 29.8 Å². The Morgan fingerprint density at radius 2 is 2.03 bits per heavy atom. The summed E-state index contributed by atoms with van der Waals surface area (Å²) in [6.07, 6.45) is 5.14. The van der Waals surface area contributed by atoms with Gasteiger partial charge in [-0.3, -0.25) is 14.4 Å². The SMILES string of the molecule is CC[C@@H]1OCC(=O)[C@H]1NC(=O)[C@H](CC1(C)CCCC1)NC(=O)c1cccc(N)c1. The molecule has 4 N–H and O–H groups in total. The first-order valence-electron chi connectivity index (χ1n) is 10.4. The Labute approximate surface area is 171 Å². The zero-order valence-corrected chi connectivity index (χ0v) is 17.2. The maximum atomic E-state index is 13.1. The number of Topliss-reactive ketones (excluding diaryl/α,β-unsaturated/α-hetero) is 1. The van der Waals surface area contributed by atoms with E-state index in [0.717, 1.165) is 25.7 Å². The van der Waals surface area contributed by atoms with E-state index in [1.807, 2.05) is 6.92 Å². The van der Waals surface area contributed by atoms with E-state index >= 15 is 0 Å². The molecular formula is C22H31N3O4. The van der Waals surface area contributed by atoms with Crippen LogP contribution < -0.4 is 16.4 Å². The van der Waals surface area contributed by atoms with Crippen molar-refractivity contribution >= 4 is 23.3 Å². The molecule has 7 nitrogen and oxygen atoms in total. The number of benzene rings is 1. The van der Waals surface area contributed by atoms with E-state index in [1.165, 1.54) is 0 Å². The van der Waals surface area contributed by atoms with Gasteiger partial charge in [-0.2, -0.15) is 0 Å². The standard InChI is InChI=1S/C22H31N3O4/c1-3-18-19(17(26)13-29-18)25-21(28)16(12-22(2)9-4-5-10-22)24-20(27)14-7-6-8-15(23)11-14/h6-8,11,16,18-19H,3-5,9-10,12-13,23H2,1-2H3,(H,24,27)(H,25,28)/t16-,18-,19+/m0/s1. The molecule has 29 heavy (non-hydrogen) atoms. The van der Waals surface area contributed by atoms with Gasteiger partial charge in [0.1, 0.15) is 18.7 Å². The van der Waals surface area contributed by atoms with Gasteiger partial charge in [-0.1, -0.05) is 32.8 Å². The van der Waals surface area contributed by atoms with E-state index in [-0.39, 0.29) is 35.7 Å². The number of rotatable bonds is 7. The highest BCUT2D eigenvalue weighted by Crippen LogP contribution is 2.41. The third-order valence-corrected chi connectivity index (χ3v) is 6.14. The van der Waals surface area contributed by atoms with Crippen LogP contribution in [0.15, 0.2) is 24.3 Å². The zero-order valence-electron chi connectivity index (χ0n) is 17.2. The van der Waals surface area contributed by atoms with Crippen LogP contribution in [0.3, 0.4) is 0 Å². The lowest BCUT2D eigenvalue weighted by Crippen LogP contribution is -2.54. The first kappa shape index (κ1) is 21.3. The summed E-state index contributed by atoms with van der Waals surface area (Å²) in [5.74, 6) is -0.809. The fourth-order valence-corrected chi connectivity index (χ4v) is 4.42. The third-order valence-electron chi connectivity index (χ3n) is 6.14. The Balaban J connectivity index is 1.75. The van der Waals surface area contributed by atoms with Crippen LogP contribution >= 0.6 is 0 Å². The lowest BCUT2D eigenvalue weighted by molar-refractivity contribution is -0.128. The van der Waals surface area contributed by atoms with Crippen molar-refractivity contribution in [1.29, 1.82) is 0 Å². The predicted molar refractivity (Wildman–Crippen MR) is 110 cm³/mol. The molecule has 7 heteroatoms. The first-order valence-corrected chi connectivity index (χ1v) is 10.4. The summed E-state index contributed by atoms with van der Waals surface area (Å²) in [7, 11) is 0. The smallest absolute Gasteiger partial charge is 0.252 e. The van der Waals surface area contributed by atoms with Crippen LogP contribution in [0.5, 0.6) is 0 Å². The molecule has 1 saturated carbocycles. The molecule has 2 fully saturated rings. The predicted octanol–water partition coefficient (Wildman–Crippen LogP) is 2.20. The largest absolute Gasteiger partial charge is 0.399 e. The number of anilines is 1. The van der Waals surface area contributed by atoms with Crippen LogP contribution in [0.25, 0.3) is 0 Å². The maximum absolute atomic E-state index is 13.1. The molecule has 1 aliphatic carbocycles. The van der Waals surface area contributed by atoms with E-state index in [1.54, 1.807) is 24.3 Å². The van der Waals surface area contributed by atoms with E-state index < -0.39 is 12.1 Å². The van der Waals surface area contributed by atoms with E-state index in [0.29, 0.717) is 24.1 Å². The summed E-state index contributed by atoms with van der Waals surface area (Å²) < 4.78 is 5.46. The fourth-order valence-electron chi connectivity index (χ4n) is 4.42. The Hall–Kier alpha value is -2.41. The molecule has 2 amide bonds. The Kier molecular flexibility index (Phi) is 6.57. The average Bonchev–Trinajstić information content (AvgIpc) is 3.27. The molecule has 3 atom stereocenters. The molecule has 0 spiro atoms. The van der Waals surface area contributed by atoms with Crippen LogP contribution in [-0.2, 0) is 14.3 Å². The summed E-state index contributed by atoms with van der Waals surface area (Å²) in [4.78, 5) is 38.0. The van der Waals surface area contributed by atoms with Gasteiger partial charge in [0.2, 0.25) is 5.91 Å². The number of amides is 2. The molecule has 1 heterocycles. The van der Waals surface area contributed by atoms with Crippen LogP contribution in [-0.4, -0.2) is 42.4 Å². The highest BCUT2D eigenvalue weighted by Gasteiger charge is 2.39. The monoisotopic (exact) mass is 401 g/mol. The van der Waals surface area contributed by atoms with Gasteiger partial charge in [0, 0.05) is 11.3 Å². The molecule has 0 aromatic heterocycles. The quantitative estimate of drug-likeness (QED) is 0.607. The normalized spacial score (nSPS) is 24.3. The van der Waals surface area contributed by atoms with Crippen LogP contribution in [0.4, 0.5) is 5.69 Å². The second-order valence-electron chi connectivity index (χ2n) is 8.58. The van der Waals surface area contributed by atoms with Crippen molar-refractivity contribution in [1.82, 2.24) is 10.6 Å². The molecular weight excluding hydrogens is 370 g/mol. The number of nitrogens with two attached hydrogens (primary N) is 1. The van der Waals surface area contributed by atoms with Gasteiger partial charge in [0.05, 0.1) is 6.10 Å². The van der Waals surface area contributed by atoms with Gasteiger partial charge in [-0.05, 0) is 49.3 Å². The Morgan fingerprint density at radius 3 is 2.69 bits per heavy atom. The van der Waals surface area contributed by atoms with Crippen molar-refractivity contribution in [2.75, 3.05) is 12.3 Å². The van der Waals surface area contributed by atoms with Crippen molar-refractivity contribution in [3.63, 3.8) is 0 Å². The molecule has 0 radical (unpaired) electrons. The van der Waals surface area contributed by atoms with Crippen molar-refractivity contribution in [3.8, 4) is 0 Å². The molecule has 3 rings (SSSR count). The van der Waals surface area contributed by atoms with E-state index in [4.69, 9.17) is 10.5 Å². The number of ether oxygens (including phenoxy) is 1. The Morgan fingerprint density at radius 1 is 1.31 bits per heavy atom. The van der Waals surface area contributed by atoms with Gasteiger partial charge >= 0.3 is 0 Å². The molecule has 0 bridgehead atoms. The van der Waals surface area contributed by atoms with Crippen LogP contribution in [0, 0.1) is 5.41 Å². The molecule has 1 saturated heterocycles. The summed E-state index contributed by atoms with van der Waals surface area (Å²) in [5, 5.41) is 5.71. The zero-order chi connectivity index (χ0) is 21.0. The van der Waals surface area contributed by atoms with Gasteiger partial charge in [-0.15, -0.1) is 0 Å². The van der Waals surface area contributed by atoms with Gasteiger partial charge in [0.15, 0.2) is 5.78 Å². The number of hydrogen-bond donors (Lipinski definition) is 3. The molecule has 158 valence electrons. The summed E-state index contributed by atoms with van der Waals surface area (Å²) in [6.45, 7) is 4.09. The van der Waals surface area contributed by atoms with Crippen molar-refractivity contribution in [2.24, 2.45) is 5.41 Å². The minimum Gasteiger partial charge on any atom is -0.399 e. The lowest BCUT2D eigenvalue weighted by atomic mass is 9.81. The fraction of sp³-hybridized carbons (Fsp3) is 0.591. The van der Waals surface area contributed by atoms with E-state index in [9.17, 15) is 14.4 Å². The highest BCUT2D eigenvalue weighted by molar-refractivity contribution is 5.99. The number of nitrogen functional groups attached to an aromatic ring is 1. The van der Waals surface area contributed by atoms with Crippen LogP contribution in [0.2, 0.25) is 0 Å². The van der Waals surface area contributed by atoms with Gasteiger partial charge in [-0.25, -0.2) is 0 Å². The highest BCUT2D eigenvalue weighted by atomic mass is 16.5. The molecule has 0 unspecified atom stereocenters. The number of carbonyl (C=O) groups is 3. The summed E-state index contributed by atoms with van der Waals surface area (Å²) >= 11 is 0. The minimum atomic E-state index is -0.724. The van der Waals surface area contributed by atoms with Crippen molar-refractivity contribution < 1.29 is 19.1 Å². The topological polar surface area (TPSA) is 111 Å². The third kappa shape index (κ3) is 5.15. The molecule has 1 aromatic carbocycles.